The Labute approximate surface area is 63.5 Å². The number of nitrogens with two attached hydrogens (primary N) is 1. The molecule has 0 aromatic heterocycles. The number of hydrogen-bond acceptors (Lipinski definition) is 3. The average Bonchev–Trinajstić information content (AvgIpc) is 1.60. The number of nitrogens with zero attached hydrogens (tertiary/aromatic N) is 1. The van der Waals surface area contributed by atoms with Gasteiger partial charge in [0.1, 0.15) is 0 Å². The van der Waals surface area contributed by atoms with Crippen molar-refractivity contribution in [3.8, 4) is 0 Å². The van der Waals surface area contributed by atoms with Gasteiger partial charge < -0.3 is 0 Å². The zero-order chi connectivity index (χ0) is 8.36. The first kappa shape index (κ1) is 9.88. The van der Waals surface area contributed by atoms with Gasteiger partial charge >= 0.3 is 0 Å². The maximum Gasteiger partial charge on any atom is 0.0770 e. The summed E-state index contributed by atoms with van der Waals surface area (Å²) < 4.78 is 0. The van der Waals surface area contributed by atoms with E-state index in [1.54, 1.807) is 0 Å². The lowest BCUT2D eigenvalue weighted by Gasteiger charge is -2.35. The van der Waals surface area contributed by atoms with E-state index in [9.17, 15) is 0 Å². The minimum Gasteiger partial charge on any atom is -0.293 e. The summed E-state index contributed by atoms with van der Waals surface area (Å²) in [4.78, 5) is 2.07. The molecule has 3 N–H and O–H groups in total. The molecule has 0 aliphatic heterocycles. The van der Waals surface area contributed by atoms with Crippen LogP contribution in [-0.2, 0) is 0 Å². The number of hydrogen-bond donors (Lipinski definition) is 2. The van der Waals surface area contributed by atoms with Crippen LogP contribution in [-0.4, -0.2) is 25.2 Å². The van der Waals surface area contributed by atoms with Gasteiger partial charge in [0.05, 0.1) is 6.17 Å². The minimum absolute atomic E-state index is 0.179. The molecule has 62 valence electrons. The van der Waals surface area contributed by atoms with E-state index in [0.29, 0.717) is 0 Å². The highest BCUT2D eigenvalue weighted by Gasteiger charge is 2.24. The van der Waals surface area contributed by atoms with Crippen molar-refractivity contribution in [2.45, 2.75) is 26.9 Å². The van der Waals surface area contributed by atoms with Crippen LogP contribution in [0.3, 0.4) is 0 Å². The molecule has 0 fully saturated rings. The van der Waals surface area contributed by atoms with Crippen molar-refractivity contribution < 1.29 is 0 Å². The van der Waals surface area contributed by atoms with E-state index < -0.39 is 0 Å². The molecule has 3 heteroatoms. The zero-order valence-electron chi connectivity index (χ0n) is 7.60. The third-order valence-electron chi connectivity index (χ3n) is 1.49. The molecule has 0 aliphatic carbocycles. The van der Waals surface area contributed by atoms with Crippen molar-refractivity contribution in [1.29, 1.82) is 0 Å². The second-order valence-electron chi connectivity index (χ2n) is 3.90. The van der Waals surface area contributed by atoms with Crippen LogP contribution in [0.1, 0.15) is 20.8 Å². The summed E-state index contributed by atoms with van der Waals surface area (Å²) in [5, 5.41) is 0. The molecule has 0 aromatic rings. The first-order valence-electron chi connectivity index (χ1n) is 3.52. The summed E-state index contributed by atoms with van der Waals surface area (Å²) in [6.07, 6.45) is 0.229. The lowest BCUT2D eigenvalue weighted by Crippen LogP contribution is -2.53. The van der Waals surface area contributed by atoms with Crippen LogP contribution in [0.5, 0.6) is 0 Å². The second-order valence-corrected chi connectivity index (χ2v) is 3.90. The van der Waals surface area contributed by atoms with Crippen molar-refractivity contribution in [3.05, 3.63) is 0 Å². The van der Waals surface area contributed by atoms with Crippen LogP contribution in [0, 0.1) is 5.41 Å². The van der Waals surface area contributed by atoms with Gasteiger partial charge in [-0.15, -0.1) is 0 Å². The molecule has 0 heterocycles. The molecule has 1 unspecified atom stereocenters. The fourth-order valence-corrected chi connectivity index (χ4v) is 1.17. The molecule has 0 saturated carbocycles. The summed E-state index contributed by atoms with van der Waals surface area (Å²) in [5.74, 6) is 5.37. The molecule has 3 nitrogen and oxygen atoms in total. The predicted molar refractivity (Wildman–Crippen MR) is 44.3 cm³/mol. The van der Waals surface area contributed by atoms with Gasteiger partial charge in [0.25, 0.3) is 0 Å². The highest BCUT2D eigenvalue weighted by atomic mass is 15.4. The van der Waals surface area contributed by atoms with E-state index in [-0.39, 0.29) is 11.6 Å². The quantitative estimate of drug-likeness (QED) is 0.335. The third-order valence-corrected chi connectivity index (χ3v) is 1.49. The number of rotatable bonds is 2. The van der Waals surface area contributed by atoms with Crippen molar-refractivity contribution >= 4 is 0 Å². The Morgan fingerprint density at radius 3 is 1.70 bits per heavy atom. The molecule has 0 saturated heterocycles. The molecule has 0 aliphatic rings. The highest BCUT2D eigenvalue weighted by molar-refractivity contribution is 4.75. The van der Waals surface area contributed by atoms with E-state index in [2.05, 4.69) is 31.1 Å². The van der Waals surface area contributed by atoms with Crippen LogP contribution in [0.2, 0.25) is 0 Å². The van der Waals surface area contributed by atoms with Crippen LogP contribution < -0.4 is 11.3 Å². The molecular weight excluding hydrogens is 126 g/mol. The summed E-state index contributed by atoms with van der Waals surface area (Å²) in [6.45, 7) is 6.45. The molecule has 1 atom stereocenters. The van der Waals surface area contributed by atoms with Gasteiger partial charge in [-0.05, 0) is 19.5 Å². The number of hydrazine groups is 1. The lowest BCUT2D eigenvalue weighted by molar-refractivity contribution is 0.119. The van der Waals surface area contributed by atoms with Crippen LogP contribution in [0.15, 0.2) is 0 Å². The summed E-state index contributed by atoms with van der Waals surface area (Å²) in [5.41, 5.74) is 2.95. The zero-order valence-corrected chi connectivity index (χ0v) is 7.60. The number of nitrogens with one attached hydrogen (secondary N) is 1. The van der Waals surface area contributed by atoms with Gasteiger partial charge in [-0.1, -0.05) is 20.8 Å². The molecule has 0 radical (unpaired) electrons. The van der Waals surface area contributed by atoms with Crippen molar-refractivity contribution in [1.82, 2.24) is 10.3 Å². The molecule has 0 rings (SSSR count). The second kappa shape index (κ2) is 3.32. The van der Waals surface area contributed by atoms with Crippen molar-refractivity contribution in [2.24, 2.45) is 11.3 Å². The van der Waals surface area contributed by atoms with Crippen LogP contribution in [0.25, 0.3) is 0 Å². The van der Waals surface area contributed by atoms with Crippen LogP contribution in [0.4, 0.5) is 0 Å². The van der Waals surface area contributed by atoms with E-state index in [4.69, 9.17) is 5.84 Å². The van der Waals surface area contributed by atoms with Crippen molar-refractivity contribution in [2.75, 3.05) is 14.1 Å². The van der Waals surface area contributed by atoms with Gasteiger partial charge in [-0.2, -0.15) is 0 Å². The SMILES string of the molecule is CN(C)C(NN)C(C)(C)C. The highest BCUT2D eigenvalue weighted by Crippen LogP contribution is 2.19. The topological polar surface area (TPSA) is 41.3 Å². The molecule has 10 heavy (non-hydrogen) atoms. The monoisotopic (exact) mass is 145 g/mol. The lowest BCUT2D eigenvalue weighted by atomic mass is 9.92. The van der Waals surface area contributed by atoms with E-state index in [1.165, 1.54) is 0 Å². The summed E-state index contributed by atoms with van der Waals surface area (Å²) in [6, 6.07) is 0. The predicted octanol–water partition coefficient (Wildman–Crippen LogP) is 0.383. The normalized spacial score (nSPS) is 15.9. The fraction of sp³-hybridized carbons (Fsp3) is 1.00. The van der Waals surface area contributed by atoms with Gasteiger partial charge in [0.15, 0.2) is 0 Å². The maximum absolute atomic E-state index is 5.37. The molecule has 0 amide bonds. The summed E-state index contributed by atoms with van der Waals surface area (Å²) >= 11 is 0. The third kappa shape index (κ3) is 2.64. The van der Waals surface area contributed by atoms with E-state index in [0.717, 1.165) is 0 Å². The average molecular weight is 145 g/mol. The van der Waals surface area contributed by atoms with Gasteiger partial charge in [0.2, 0.25) is 0 Å². The Morgan fingerprint density at radius 2 is 1.70 bits per heavy atom. The first-order valence-corrected chi connectivity index (χ1v) is 3.52. The molecule has 0 spiro atoms. The smallest absolute Gasteiger partial charge is 0.0770 e. The van der Waals surface area contributed by atoms with Crippen molar-refractivity contribution in [3.63, 3.8) is 0 Å². The largest absolute Gasteiger partial charge is 0.293 e. The standard InChI is InChI=1S/C7H19N3/c1-7(2,3)6(9-8)10(4)5/h6,9H,8H2,1-5H3. The Kier molecular flexibility index (Phi) is 3.28. The summed E-state index contributed by atoms with van der Waals surface area (Å²) in [7, 11) is 4.02. The Morgan fingerprint density at radius 1 is 1.30 bits per heavy atom. The van der Waals surface area contributed by atoms with Crippen LogP contribution >= 0.6 is 0 Å². The minimum atomic E-state index is 0.179. The first-order chi connectivity index (χ1) is 4.39. The Hall–Kier alpha value is -0.120. The Bertz CT molecular complexity index is 93.5. The molecule has 0 bridgehead atoms. The van der Waals surface area contributed by atoms with E-state index in [1.807, 2.05) is 14.1 Å². The molecular formula is C7H19N3. The van der Waals surface area contributed by atoms with Gasteiger partial charge in [-0.3, -0.25) is 10.7 Å². The van der Waals surface area contributed by atoms with E-state index >= 15 is 0 Å². The van der Waals surface area contributed by atoms with Gasteiger partial charge in [0, 0.05) is 0 Å². The van der Waals surface area contributed by atoms with Gasteiger partial charge in [-0.25, -0.2) is 5.43 Å². The fourth-order valence-electron chi connectivity index (χ4n) is 1.17. The Balaban J connectivity index is 4.07. The molecule has 0 aromatic carbocycles. The maximum atomic E-state index is 5.37.